The van der Waals surface area contributed by atoms with E-state index in [-0.39, 0.29) is 0 Å². The van der Waals surface area contributed by atoms with E-state index < -0.39 is 0 Å². The van der Waals surface area contributed by atoms with Crippen LogP contribution in [0.1, 0.15) is 24.0 Å². The summed E-state index contributed by atoms with van der Waals surface area (Å²) in [6.07, 6.45) is 2.47. The maximum Gasteiger partial charge on any atom is 0.0205 e. The van der Waals surface area contributed by atoms with Crippen LogP contribution >= 0.6 is 0 Å². The number of hydrogen-bond donors (Lipinski definition) is 2. The Balaban J connectivity index is 1.22. The van der Waals surface area contributed by atoms with Gasteiger partial charge in [-0.1, -0.05) is 24.3 Å². The maximum absolute atomic E-state index is 3.63. The summed E-state index contributed by atoms with van der Waals surface area (Å²) in [5.74, 6) is 0. The molecule has 2 heterocycles. The van der Waals surface area contributed by atoms with Gasteiger partial charge >= 0.3 is 0 Å². The van der Waals surface area contributed by atoms with Crippen LogP contribution in [0.25, 0.3) is 0 Å². The second-order valence-corrected chi connectivity index (χ2v) is 9.17. The van der Waals surface area contributed by atoms with Crippen LogP contribution < -0.4 is 10.6 Å². The zero-order chi connectivity index (χ0) is 21.0. The zero-order valence-electron chi connectivity index (χ0n) is 19.4. The van der Waals surface area contributed by atoms with Crippen LogP contribution in [0.4, 0.5) is 0 Å². The fourth-order valence-electron chi connectivity index (χ4n) is 4.31. The average Bonchev–Trinajstić information content (AvgIpc) is 2.76. The highest BCUT2D eigenvalue weighted by Gasteiger charge is 2.13. The fraction of sp³-hybridized carbons (Fsp3) is 0.750. The van der Waals surface area contributed by atoms with Gasteiger partial charge in [0.25, 0.3) is 0 Å². The highest BCUT2D eigenvalue weighted by atomic mass is 15.2. The van der Waals surface area contributed by atoms with E-state index >= 15 is 0 Å². The van der Waals surface area contributed by atoms with Crippen molar-refractivity contribution in [2.45, 2.75) is 25.9 Å². The van der Waals surface area contributed by atoms with Crippen LogP contribution in [-0.2, 0) is 13.1 Å². The van der Waals surface area contributed by atoms with Crippen molar-refractivity contribution >= 4 is 0 Å². The van der Waals surface area contributed by atoms with Gasteiger partial charge < -0.3 is 30.2 Å². The molecular formula is C24H44N6. The molecule has 6 heteroatoms. The Kier molecular flexibility index (Phi) is 10.6. The Morgan fingerprint density at radius 1 is 0.667 bits per heavy atom. The van der Waals surface area contributed by atoms with Gasteiger partial charge in [-0.05, 0) is 64.2 Å². The molecule has 0 saturated carbocycles. The highest BCUT2D eigenvalue weighted by molar-refractivity contribution is 5.23. The van der Waals surface area contributed by atoms with Gasteiger partial charge in [-0.3, -0.25) is 0 Å². The first-order valence-electron chi connectivity index (χ1n) is 12.0. The predicted octanol–water partition coefficient (Wildman–Crippen LogP) is 1.14. The van der Waals surface area contributed by atoms with E-state index in [1.165, 1.54) is 89.4 Å². The molecule has 0 radical (unpaired) electrons. The van der Waals surface area contributed by atoms with Crippen LogP contribution in [0.2, 0.25) is 0 Å². The third-order valence-electron chi connectivity index (χ3n) is 6.50. The summed E-state index contributed by atoms with van der Waals surface area (Å²) in [5.41, 5.74) is 2.79. The third-order valence-corrected chi connectivity index (χ3v) is 6.50. The Labute approximate surface area is 184 Å². The lowest BCUT2D eigenvalue weighted by molar-refractivity contribution is 0.152. The molecule has 1 aromatic carbocycles. The summed E-state index contributed by atoms with van der Waals surface area (Å²) >= 11 is 0. The molecule has 2 aliphatic heterocycles. The number of nitrogens with one attached hydrogen (secondary N) is 2. The van der Waals surface area contributed by atoms with Gasteiger partial charge in [0.15, 0.2) is 0 Å². The minimum atomic E-state index is 0.972. The molecule has 6 nitrogen and oxygen atoms in total. The number of likely N-dealkylation sites (N-methyl/N-ethyl adjacent to an activating group) is 2. The molecule has 2 saturated heterocycles. The molecule has 30 heavy (non-hydrogen) atoms. The topological polar surface area (TPSA) is 37.0 Å². The van der Waals surface area contributed by atoms with Crippen molar-refractivity contribution in [2.24, 2.45) is 0 Å². The van der Waals surface area contributed by atoms with Gasteiger partial charge in [0.05, 0.1) is 0 Å². The second-order valence-electron chi connectivity index (χ2n) is 9.17. The minimum Gasteiger partial charge on any atom is -0.313 e. The molecule has 0 amide bonds. The number of benzene rings is 1. The fourth-order valence-corrected chi connectivity index (χ4v) is 4.31. The molecule has 2 N–H and O–H groups in total. The lowest BCUT2D eigenvalue weighted by Crippen LogP contribution is -2.45. The Bertz CT molecular complexity index is 532. The van der Waals surface area contributed by atoms with Crippen molar-refractivity contribution in [1.82, 2.24) is 30.2 Å². The van der Waals surface area contributed by atoms with Crippen molar-refractivity contribution in [2.75, 3.05) is 92.6 Å². The first-order chi connectivity index (χ1) is 14.7. The Morgan fingerprint density at radius 2 is 1.10 bits per heavy atom. The number of piperazine rings is 2. The smallest absolute Gasteiger partial charge is 0.0205 e. The van der Waals surface area contributed by atoms with Gasteiger partial charge in [-0.25, -0.2) is 0 Å². The average molecular weight is 417 g/mol. The predicted molar refractivity (Wildman–Crippen MR) is 127 cm³/mol. The van der Waals surface area contributed by atoms with E-state index in [1.807, 2.05) is 0 Å². The molecular weight excluding hydrogens is 372 g/mol. The Hall–Kier alpha value is -1.02. The van der Waals surface area contributed by atoms with Gasteiger partial charge in [0.1, 0.15) is 0 Å². The first kappa shape index (κ1) is 23.6. The normalized spacial score (nSPS) is 20.1. The molecule has 0 atom stereocenters. The SMILES string of the molecule is CN1CCN(CCCNCc2cccc(CNCCCN3CCN(C)CC3)c2)CC1. The van der Waals surface area contributed by atoms with Gasteiger partial charge in [-0.15, -0.1) is 0 Å². The standard InChI is InChI=1S/C24H44N6/c1-27-12-16-29(17-13-27)10-4-8-25-21-23-6-3-7-24(20-23)22-26-9-5-11-30-18-14-28(2)15-19-30/h3,6-7,20,25-26H,4-5,8-19,21-22H2,1-2H3. The van der Waals surface area contributed by atoms with E-state index in [2.05, 4.69) is 68.6 Å². The van der Waals surface area contributed by atoms with Crippen molar-refractivity contribution < 1.29 is 0 Å². The third kappa shape index (κ3) is 9.00. The summed E-state index contributed by atoms with van der Waals surface area (Å²) in [6, 6.07) is 9.03. The first-order valence-corrected chi connectivity index (χ1v) is 12.0. The van der Waals surface area contributed by atoms with Crippen LogP contribution in [-0.4, -0.2) is 112 Å². The van der Waals surface area contributed by atoms with Crippen LogP contribution in [0, 0.1) is 0 Å². The largest absolute Gasteiger partial charge is 0.313 e. The highest BCUT2D eigenvalue weighted by Crippen LogP contribution is 2.06. The Morgan fingerprint density at radius 3 is 1.53 bits per heavy atom. The molecule has 2 aliphatic rings. The van der Waals surface area contributed by atoms with Crippen LogP contribution in [0.3, 0.4) is 0 Å². The van der Waals surface area contributed by atoms with E-state index in [0.717, 1.165) is 26.2 Å². The summed E-state index contributed by atoms with van der Waals surface area (Å²) in [4.78, 5) is 10.0. The lowest BCUT2D eigenvalue weighted by atomic mass is 10.1. The monoisotopic (exact) mass is 416 g/mol. The minimum absolute atomic E-state index is 0.972. The summed E-state index contributed by atoms with van der Waals surface area (Å²) in [6.45, 7) is 16.3. The van der Waals surface area contributed by atoms with E-state index in [1.54, 1.807) is 0 Å². The van der Waals surface area contributed by atoms with Gasteiger partial charge in [-0.2, -0.15) is 0 Å². The van der Waals surface area contributed by atoms with E-state index in [9.17, 15) is 0 Å². The molecule has 0 bridgehead atoms. The summed E-state index contributed by atoms with van der Waals surface area (Å²) in [7, 11) is 4.44. The van der Waals surface area contributed by atoms with Gasteiger partial charge in [0.2, 0.25) is 0 Å². The molecule has 0 unspecified atom stereocenters. The number of hydrogen-bond acceptors (Lipinski definition) is 6. The van der Waals surface area contributed by atoms with Crippen LogP contribution in [0.15, 0.2) is 24.3 Å². The maximum atomic E-state index is 3.63. The molecule has 0 aliphatic carbocycles. The molecule has 2 fully saturated rings. The molecule has 3 rings (SSSR count). The summed E-state index contributed by atoms with van der Waals surface area (Å²) in [5, 5.41) is 7.25. The van der Waals surface area contributed by atoms with Crippen LogP contribution in [0.5, 0.6) is 0 Å². The lowest BCUT2D eigenvalue weighted by Gasteiger charge is -2.32. The summed E-state index contributed by atoms with van der Waals surface area (Å²) < 4.78 is 0. The molecule has 170 valence electrons. The van der Waals surface area contributed by atoms with E-state index in [0.29, 0.717) is 0 Å². The molecule has 0 aromatic heterocycles. The molecule has 1 aromatic rings. The van der Waals surface area contributed by atoms with Crippen molar-refractivity contribution in [3.05, 3.63) is 35.4 Å². The zero-order valence-corrected chi connectivity index (χ0v) is 19.4. The molecule has 0 spiro atoms. The van der Waals surface area contributed by atoms with Crippen molar-refractivity contribution in [1.29, 1.82) is 0 Å². The quantitative estimate of drug-likeness (QED) is 0.498. The van der Waals surface area contributed by atoms with E-state index in [4.69, 9.17) is 0 Å². The number of rotatable bonds is 12. The number of nitrogens with zero attached hydrogens (tertiary/aromatic N) is 4. The van der Waals surface area contributed by atoms with Gasteiger partial charge in [0, 0.05) is 65.4 Å². The second kappa shape index (κ2) is 13.4. The van der Waals surface area contributed by atoms with Crippen molar-refractivity contribution in [3.8, 4) is 0 Å². The van der Waals surface area contributed by atoms with Crippen molar-refractivity contribution in [3.63, 3.8) is 0 Å².